The molecule has 13 heavy (non-hydrogen) atoms. The van der Waals surface area contributed by atoms with Crippen LogP contribution >= 0.6 is 61.1 Å². The van der Waals surface area contributed by atoms with E-state index in [1.807, 2.05) is 45.2 Å². The summed E-state index contributed by atoms with van der Waals surface area (Å²) in [6, 6.07) is 1.67. The highest BCUT2D eigenvalue weighted by Crippen LogP contribution is 2.29. The van der Waals surface area contributed by atoms with Crippen LogP contribution in [0.5, 0.6) is 0 Å². The van der Waals surface area contributed by atoms with Gasteiger partial charge in [-0.2, -0.15) is 0 Å². The van der Waals surface area contributed by atoms with E-state index in [0.29, 0.717) is 14.6 Å². The van der Waals surface area contributed by atoms with Crippen LogP contribution < -0.4 is 0 Å². The Kier molecular flexibility index (Phi) is 4.76. The van der Waals surface area contributed by atoms with Gasteiger partial charge in [0.2, 0.25) is 0 Å². The Morgan fingerprint density at radius 3 is 2.54 bits per heavy atom. The van der Waals surface area contributed by atoms with Gasteiger partial charge in [0.05, 0.1) is 5.56 Å². The molecule has 0 aromatic carbocycles. The van der Waals surface area contributed by atoms with E-state index in [1.54, 1.807) is 6.07 Å². The lowest BCUT2D eigenvalue weighted by Gasteiger charge is -2.08. The molecule has 72 valence electrons. The van der Waals surface area contributed by atoms with Gasteiger partial charge in [0.15, 0.2) is 0 Å². The molecule has 1 aromatic rings. The highest BCUT2D eigenvalue weighted by atomic mass is 127. The van der Waals surface area contributed by atoms with Crippen molar-refractivity contribution in [3.8, 4) is 0 Å². The second-order valence-electron chi connectivity index (χ2n) is 2.24. The fourth-order valence-electron chi connectivity index (χ4n) is 0.881. The van der Waals surface area contributed by atoms with Gasteiger partial charge in [-0.3, -0.25) is 0 Å². The average molecular weight is 474 g/mol. The number of alkyl halides is 3. The summed E-state index contributed by atoms with van der Waals surface area (Å²) >= 11 is 7.02. The molecule has 0 atom stereocenters. The molecule has 0 bridgehead atoms. The first kappa shape index (κ1) is 12.0. The van der Waals surface area contributed by atoms with Crippen LogP contribution in [0, 0.1) is 7.40 Å². The number of halogens is 5. The normalized spacial score (nSPS) is 10.9. The largest absolute Gasteiger partial charge is 0.266 e. The number of nitrogens with zero attached hydrogens (tertiary/aromatic N) is 1. The van der Waals surface area contributed by atoms with E-state index >= 15 is 0 Å². The fraction of sp³-hybridized carbons (Fsp3) is 0.286. The molecule has 0 aliphatic heterocycles. The first-order valence-electron chi connectivity index (χ1n) is 3.25. The maximum Gasteiger partial charge on any atom is 0.266 e. The Bertz CT molecular complexity index is 320. The zero-order valence-electron chi connectivity index (χ0n) is 6.20. The van der Waals surface area contributed by atoms with E-state index in [9.17, 15) is 8.78 Å². The van der Waals surface area contributed by atoms with E-state index in [0.717, 1.165) is 3.70 Å². The van der Waals surface area contributed by atoms with Gasteiger partial charge in [-0.05, 0) is 56.8 Å². The molecule has 0 spiro atoms. The Labute approximate surface area is 110 Å². The Morgan fingerprint density at radius 1 is 1.46 bits per heavy atom. The van der Waals surface area contributed by atoms with Crippen LogP contribution in [0.4, 0.5) is 8.78 Å². The van der Waals surface area contributed by atoms with Gasteiger partial charge in [-0.15, -0.1) is 0 Å². The van der Waals surface area contributed by atoms with Crippen molar-refractivity contribution >= 4 is 61.1 Å². The Hall–Kier alpha value is 0.950. The number of rotatable bonds is 2. The summed E-state index contributed by atoms with van der Waals surface area (Å²) in [4.78, 5) is 3.98. The van der Waals surface area contributed by atoms with Crippen molar-refractivity contribution in [2.24, 2.45) is 0 Å². The van der Waals surface area contributed by atoms with Crippen molar-refractivity contribution in [2.75, 3.05) is 0 Å². The maximum atomic E-state index is 12.5. The number of aromatic nitrogens is 1. The lowest BCUT2D eigenvalue weighted by molar-refractivity contribution is 0.149. The number of hydrogen-bond acceptors (Lipinski definition) is 1. The van der Waals surface area contributed by atoms with E-state index < -0.39 is 6.43 Å². The van der Waals surface area contributed by atoms with Crippen LogP contribution in [0.1, 0.15) is 17.6 Å². The first-order valence-corrected chi connectivity index (χ1v) is 6.53. The van der Waals surface area contributed by atoms with Gasteiger partial charge in [0.25, 0.3) is 6.43 Å². The molecule has 0 saturated heterocycles. The third kappa shape index (κ3) is 2.95. The minimum Gasteiger partial charge on any atom is -0.235 e. The molecule has 1 rings (SSSR count). The van der Waals surface area contributed by atoms with Crippen molar-refractivity contribution in [1.29, 1.82) is 0 Å². The van der Waals surface area contributed by atoms with E-state index in [4.69, 9.17) is 0 Å². The molecule has 0 radical (unpaired) electrons. The zero-order chi connectivity index (χ0) is 10.0. The van der Waals surface area contributed by atoms with Crippen LogP contribution in [0.2, 0.25) is 0 Å². The molecule has 0 N–H and O–H groups in total. The van der Waals surface area contributed by atoms with Gasteiger partial charge in [0, 0.05) is 5.33 Å². The first-order chi connectivity index (χ1) is 6.06. The monoisotopic (exact) mass is 473 g/mol. The molecular weight excluding hydrogens is 470 g/mol. The van der Waals surface area contributed by atoms with Crippen LogP contribution in [-0.2, 0) is 5.33 Å². The van der Waals surface area contributed by atoms with Crippen molar-refractivity contribution in [3.05, 3.63) is 24.6 Å². The maximum absolute atomic E-state index is 12.5. The summed E-state index contributed by atoms with van der Waals surface area (Å²) in [6.07, 6.45) is -2.45. The van der Waals surface area contributed by atoms with Gasteiger partial charge >= 0.3 is 0 Å². The second-order valence-corrected chi connectivity index (χ2v) is 4.93. The molecule has 6 heteroatoms. The highest BCUT2D eigenvalue weighted by molar-refractivity contribution is 14.1. The minimum absolute atomic E-state index is 0.0397. The molecule has 0 aliphatic rings. The Morgan fingerprint density at radius 2 is 2.08 bits per heavy atom. The summed E-state index contributed by atoms with van der Waals surface area (Å²) in [5, 5.41) is 0.432. The average Bonchev–Trinajstić information content (AvgIpc) is 2.01. The molecule has 0 saturated carbocycles. The summed E-state index contributed by atoms with van der Waals surface area (Å²) < 4.78 is 26.2. The molecule has 0 unspecified atom stereocenters. The SMILES string of the molecule is FC(F)c1c(CBr)cc(I)nc1I. The molecule has 1 heterocycles. The summed E-state index contributed by atoms with van der Waals surface area (Å²) in [5.74, 6) is 0. The van der Waals surface area contributed by atoms with Crippen molar-refractivity contribution in [3.63, 3.8) is 0 Å². The van der Waals surface area contributed by atoms with Crippen LogP contribution in [-0.4, -0.2) is 4.98 Å². The topological polar surface area (TPSA) is 12.9 Å². The zero-order valence-corrected chi connectivity index (χ0v) is 12.1. The lowest BCUT2D eigenvalue weighted by Crippen LogP contribution is -2.00. The van der Waals surface area contributed by atoms with Gasteiger partial charge in [-0.25, -0.2) is 13.8 Å². The fourth-order valence-corrected chi connectivity index (χ4v) is 3.27. The summed E-state index contributed by atoms with van der Waals surface area (Å²) in [6.45, 7) is 0. The van der Waals surface area contributed by atoms with Crippen molar-refractivity contribution in [2.45, 2.75) is 11.8 Å². The molecular formula is C7H4BrF2I2N. The second kappa shape index (κ2) is 5.15. The van der Waals surface area contributed by atoms with Crippen LogP contribution in [0.3, 0.4) is 0 Å². The number of hydrogen-bond donors (Lipinski definition) is 0. The van der Waals surface area contributed by atoms with Gasteiger partial charge < -0.3 is 0 Å². The lowest BCUT2D eigenvalue weighted by atomic mass is 10.2. The minimum atomic E-state index is -2.45. The third-order valence-electron chi connectivity index (χ3n) is 1.43. The summed E-state index contributed by atoms with van der Waals surface area (Å²) in [5.41, 5.74) is 0.650. The highest BCUT2D eigenvalue weighted by Gasteiger charge is 2.17. The molecule has 1 aromatic heterocycles. The predicted molar refractivity (Wildman–Crippen MR) is 67.3 cm³/mol. The Balaban J connectivity index is 3.30. The smallest absolute Gasteiger partial charge is 0.235 e. The molecule has 0 amide bonds. The molecule has 0 fully saturated rings. The van der Waals surface area contributed by atoms with Gasteiger partial charge in [-0.1, -0.05) is 15.9 Å². The summed E-state index contributed by atoms with van der Waals surface area (Å²) in [7, 11) is 0. The number of pyridine rings is 1. The predicted octanol–water partition coefficient (Wildman–Crippen LogP) is 4.12. The van der Waals surface area contributed by atoms with E-state index in [-0.39, 0.29) is 5.56 Å². The van der Waals surface area contributed by atoms with E-state index in [2.05, 4.69) is 20.9 Å². The third-order valence-corrected chi connectivity index (χ3v) is 3.41. The van der Waals surface area contributed by atoms with Crippen molar-refractivity contribution < 1.29 is 8.78 Å². The quantitative estimate of drug-likeness (QED) is 0.358. The van der Waals surface area contributed by atoms with Crippen molar-refractivity contribution in [1.82, 2.24) is 4.98 Å². The van der Waals surface area contributed by atoms with E-state index in [1.165, 1.54) is 0 Å². The molecule has 0 aliphatic carbocycles. The standard InChI is InChI=1S/C7H4BrF2I2N/c8-2-3-1-4(11)13-7(12)5(3)6(9)10/h1,6H,2H2. The van der Waals surface area contributed by atoms with Crippen LogP contribution in [0.25, 0.3) is 0 Å². The van der Waals surface area contributed by atoms with Gasteiger partial charge in [0.1, 0.15) is 7.40 Å². The van der Waals surface area contributed by atoms with Crippen LogP contribution in [0.15, 0.2) is 6.07 Å². The molecule has 1 nitrogen and oxygen atoms in total.